The van der Waals surface area contributed by atoms with E-state index in [9.17, 15) is 13.2 Å². The average Bonchev–Trinajstić information content (AvgIpc) is 2.63. The predicted octanol–water partition coefficient (Wildman–Crippen LogP) is 4.51. The Morgan fingerprint density at radius 1 is 1.24 bits per heavy atom. The van der Waals surface area contributed by atoms with Crippen LogP contribution in [0.5, 0.6) is 0 Å². The van der Waals surface area contributed by atoms with Crippen LogP contribution < -0.4 is 0 Å². The summed E-state index contributed by atoms with van der Waals surface area (Å²) in [7, 11) is 0. The maximum absolute atomic E-state index is 12.4. The van der Waals surface area contributed by atoms with Gasteiger partial charge in [0.1, 0.15) is 0 Å². The Bertz CT molecular complexity index is 417. The Kier molecular flexibility index (Phi) is 3.52. The summed E-state index contributed by atoms with van der Waals surface area (Å²) in [5.41, 5.74) is 0.392. The van der Waals surface area contributed by atoms with Gasteiger partial charge in [-0.25, -0.2) is 0 Å². The molecule has 1 atom stereocenters. The summed E-state index contributed by atoms with van der Waals surface area (Å²) in [6.45, 7) is 2.07. The van der Waals surface area contributed by atoms with Gasteiger partial charge in [-0.05, 0) is 41.9 Å². The van der Waals surface area contributed by atoms with Gasteiger partial charge in [0.15, 0.2) is 0 Å². The van der Waals surface area contributed by atoms with E-state index < -0.39 is 11.7 Å². The number of allylic oxidation sites excluding steroid dienone is 2. The molecule has 0 nitrogen and oxygen atoms in total. The summed E-state index contributed by atoms with van der Waals surface area (Å²) in [6.07, 6.45) is -1.22. The Hall–Kier alpha value is -0.900. The number of rotatable bonds is 2. The molecule has 1 aromatic rings. The summed E-state index contributed by atoms with van der Waals surface area (Å²) in [5.74, 6) is 1.49. The van der Waals surface area contributed by atoms with Crippen LogP contribution in [0.25, 0.3) is 0 Å². The summed E-state index contributed by atoms with van der Waals surface area (Å²) in [5, 5.41) is 0. The highest BCUT2D eigenvalue weighted by atomic mass is 32.2. The van der Waals surface area contributed by atoms with Gasteiger partial charge in [-0.1, -0.05) is 18.2 Å². The number of halogens is 3. The van der Waals surface area contributed by atoms with Crippen LogP contribution in [0.15, 0.2) is 35.2 Å². The quantitative estimate of drug-likeness (QED) is 0.751. The Morgan fingerprint density at radius 3 is 2.35 bits per heavy atom. The highest BCUT2D eigenvalue weighted by molar-refractivity contribution is 8.03. The van der Waals surface area contributed by atoms with Gasteiger partial charge in [0, 0.05) is 5.75 Å². The van der Waals surface area contributed by atoms with Gasteiger partial charge in [-0.15, -0.1) is 11.8 Å². The van der Waals surface area contributed by atoms with Gasteiger partial charge >= 0.3 is 6.18 Å². The van der Waals surface area contributed by atoms with E-state index in [1.807, 2.05) is 11.8 Å². The number of hydrogen-bond donors (Lipinski definition) is 0. The maximum atomic E-state index is 12.4. The van der Waals surface area contributed by atoms with Crippen LogP contribution in [-0.4, -0.2) is 5.75 Å². The van der Waals surface area contributed by atoms with Gasteiger partial charge in [0.2, 0.25) is 0 Å². The normalized spacial score (nSPS) is 20.5. The van der Waals surface area contributed by atoms with Crippen molar-refractivity contribution in [2.45, 2.75) is 19.5 Å². The summed E-state index contributed by atoms with van der Waals surface area (Å²) >= 11 is 1.81. The fourth-order valence-corrected chi connectivity index (χ4v) is 2.90. The van der Waals surface area contributed by atoms with Crippen LogP contribution in [0.1, 0.15) is 18.1 Å². The van der Waals surface area contributed by atoms with Crippen LogP contribution in [0.3, 0.4) is 0 Å². The lowest BCUT2D eigenvalue weighted by Gasteiger charge is -2.09. The highest BCUT2D eigenvalue weighted by Gasteiger charge is 2.30. The first-order chi connectivity index (χ1) is 7.95. The molecule has 0 fully saturated rings. The third-order valence-corrected chi connectivity index (χ3v) is 3.96. The molecule has 92 valence electrons. The number of hydrogen-bond acceptors (Lipinski definition) is 1. The molecule has 17 heavy (non-hydrogen) atoms. The summed E-state index contributed by atoms with van der Waals surface area (Å²) < 4.78 is 37.1. The van der Waals surface area contributed by atoms with Gasteiger partial charge in [0.25, 0.3) is 0 Å². The van der Waals surface area contributed by atoms with Crippen molar-refractivity contribution in [3.05, 3.63) is 46.4 Å². The first kappa shape index (κ1) is 12.6. The van der Waals surface area contributed by atoms with E-state index in [1.165, 1.54) is 4.91 Å². The van der Waals surface area contributed by atoms with Crippen LogP contribution in [-0.2, 0) is 12.6 Å². The van der Waals surface area contributed by atoms with Crippen molar-refractivity contribution in [2.75, 3.05) is 5.75 Å². The molecule has 0 aromatic heterocycles. The zero-order valence-corrected chi connectivity index (χ0v) is 10.2. The Balaban J connectivity index is 2.04. The molecule has 1 aromatic carbocycles. The molecule has 0 radical (unpaired) electrons. The van der Waals surface area contributed by atoms with E-state index in [1.54, 1.807) is 12.1 Å². The fourth-order valence-electron chi connectivity index (χ4n) is 1.92. The minimum atomic E-state index is -4.24. The zero-order valence-electron chi connectivity index (χ0n) is 9.42. The lowest BCUT2D eigenvalue weighted by Crippen LogP contribution is -2.06. The number of alkyl halides is 3. The number of thioether (sulfide) groups is 1. The second-order valence-corrected chi connectivity index (χ2v) is 5.51. The molecule has 0 N–H and O–H groups in total. The van der Waals surface area contributed by atoms with Crippen molar-refractivity contribution >= 4 is 11.8 Å². The van der Waals surface area contributed by atoms with Crippen molar-refractivity contribution in [3.8, 4) is 0 Å². The van der Waals surface area contributed by atoms with Gasteiger partial charge in [-0.3, -0.25) is 0 Å². The molecule has 1 unspecified atom stereocenters. The third-order valence-electron chi connectivity index (χ3n) is 2.77. The van der Waals surface area contributed by atoms with Crippen LogP contribution in [0.2, 0.25) is 0 Å². The Labute approximate surface area is 103 Å². The second kappa shape index (κ2) is 4.77. The first-order valence-corrected chi connectivity index (χ1v) is 6.41. The largest absolute Gasteiger partial charge is 0.416 e. The molecule has 0 saturated heterocycles. The summed E-state index contributed by atoms with van der Waals surface area (Å²) in [4.78, 5) is 1.31. The van der Waals surface area contributed by atoms with Crippen molar-refractivity contribution < 1.29 is 13.2 Å². The average molecular weight is 258 g/mol. The van der Waals surface area contributed by atoms with Gasteiger partial charge in [-0.2, -0.15) is 13.2 Å². The van der Waals surface area contributed by atoms with E-state index in [2.05, 4.69) is 13.0 Å². The van der Waals surface area contributed by atoms with Crippen molar-refractivity contribution in [1.82, 2.24) is 0 Å². The molecular formula is C13H13F3S. The molecule has 0 aliphatic carbocycles. The highest BCUT2D eigenvalue weighted by Crippen LogP contribution is 2.32. The molecule has 1 aliphatic rings. The number of benzene rings is 1. The molecule has 0 saturated carbocycles. The van der Waals surface area contributed by atoms with Crippen LogP contribution in [0.4, 0.5) is 13.2 Å². The molecule has 2 rings (SSSR count). The van der Waals surface area contributed by atoms with E-state index in [4.69, 9.17) is 0 Å². The predicted molar refractivity (Wildman–Crippen MR) is 64.9 cm³/mol. The van der Waals surface area contributed by atoms with Crippen molar-refractivity contribution in [2.24, 2.45) is 5.92 Å². The zero-order chi connectivity index (χ0) is 12.5. The first-order valence-electron chi connectivity index (χ1n) is 5.42. The molecule has 0 spiro atoms. The van der Waals surface area contributed by atoms with E-state index in [0.29, 0.717) is 5.92 Å². The fraction of sp³-hybridized carbons (Fsp3) is 0.385. The second-order valence-electron chi connectivity index (χ2n) is 4.25. The standard InChI is InChI=1S/C13H13F3S/c1-9-6-11(8-17-9)7-10-2-4-12(5-3-10)13(14,15)16/h2-6,11H,7-8H2,1H3. The van der Waals surface area contributed by atoms with Crippen molar-refractivity contribution in [3.63, 3.8) is 0 Å². The molecule has 4 heteroatoms. The van der Waals surface area contributed by atoms with Crippen LogP contribution >= 0.6 is 11.8 Å². The van der Waals surface area contributed by atoms with E-state index in [-0.39, 0.29) is 0 Å². The minimum absolute atomic E-state index is 0.455. The third kappa shape index (κ3) is 3.28. The molecule has 0 bridgehead atoms. The lowest BCUT2D eigenvalue weighted by molar-refractivity contribution is -0.137. The molecule has 1 heterocycles. The monoisotopic (exact) mass is 258 g/mol. The van der Waals surface area contributed by atoms with E-state index >= 15 is 0 Å². The van der Waals surface area contributed by atoms with E-state index in [0.717, 1.165) is 29.9 Å². The molecule has 1 aliphatic heterocycles. The van der Waals surface area contributed by atoms with Gasteiger partial charge in [0.05, 0.1) is 5.56 Å². The van der Waals surface area contributed by atoms with Crippen LogP contribution in [0, 0.1) is 5.92 Å². The Morgan fingerprint density at radius 2 is 1.88 bits per heavy atom. The smallest absolute Gasteiger partial charge is 0.166 e. The molecule has 0 amide bonds. The lowest BCUT2D eigenvalue weighted by atomic mass is 9.99. The summed E-state index contributed by atoms with van der Waals surface area (Å²) in [6, 6.07) is 5.48. The van der Waals surface area contributed by atoms with Gasteiger partial charge < -0.3 is 0 Å². The SMILES string of the molecule is CC1=CC(Cc2ccc(C(F)(F)F)cc2)CS1. The van der Waals surface area contributed by atoms with Crippen molar-refractivity contribution in [1.29, 1.82) is 0 Å². The minimum Gasteiger partial charge on any atom is -0.166 e. The topological polar surface area (TPSA) is 0 Å². The molecular weight excluding hydrogens is 245 g/mol. The maximum Gasteiger partial charge on any atom is 0.416 e.